The monoisotopic (exact) mass is 398 g/mol. The number of fused-ring (bicyclic) bond motifs is 1. The lowest BCUT2D eigenvalue weighted by molar-refractivity contribution is -0.129. The fourth-order valence-corrected chi connectivity index (χ4v) is 2.67. The summed E-state index contributed by atoms with van der Waals surface area (Å²) in [5.74, 6) is 6.35. The van der Waals surface area contributed by atoms with Crippen LogP contribution in [0.3, 0.4) is 0 Å². The van der Waals surface area contributed by atoms with Gasteiger partial charge in [-0.25, -0.2) is 9.59 Å². The molecule has 148 valence electrons. The van der Waals surface area contributed by atoms with E-state index in [2.05, 4.69) is 25.0 Å². The van der Waals surface area contributed by atoms with Gasteiger partial charge < -0.3 is 14.2 Å². The quantitative estimate of drug-likeness (QED) is 0.275. The Labute approximate surface area is 174 Å². The van der Waals surface area contributed by atoms with Crippen LogP contribution in [0.4, 0.5) is 0 Å². The number of rotatable bonds is 5. The number of carbonyl (C=O) groups is 2. The van der Waals surface area contributed by atoms with Crippen LogP contribution in [0.2, 0.25) is 0 Å². The average Bonchev–Trinajstić information content (AvgIpc) is 2.79. The van der Waals surface area contributed by atoms with Crippen molar-refractivity contribution in [3.63, 3.8) is 0 Å². The highest BCUT2D eigenvalue weighted by Gasteiger charge is 2.12. The van der Waals surface area contributed by atoms with E-state index >= 15 is 0 Å². The first kappa shape index (κ1) is 20.4. The molecule has 0 aliphatic rings. The third kappa shape index (κ3) is 4.75. The molecular weight excluding hydrogens is 380 g/mol. The van der Waals surface area contributed by atoms with E-state index in [4.69, 9.17) is 14.2 Å². The van der Waals surface area contributed by atoms with Crippen LogP contribution in [0.1, 0.15) is 11.1 Å². The SMILES string of the molecule is C=CC(=O)Oc1ccc(OC(=O)C=C)c2cc(C#Cc3ccc(OC)cc3)ccc12. The average molecular weight is 398 g/mol. The summed E-state index contributed by atoms with van der Waals surface area (Å²) in [5.41, 5.74) is 1.52. The second-order valence-electron chi connectivity index (χ2n) is 6.05. The largest absolute Gasteiger partial charge is 0.497 e. The maximum atomic E-state index is 11.7. The van der Waals surface area contributed by atoms with Gasteiger partial charge in [-0.2, -0.15) is 0 Å². The van der Waals surface area contributed by atoms with E-state index in [1.54, 1.807) is 37.4 Å². The van der Waals surface area contributed by atoms with Gasteiger partial charge in [0.15, 0.2) is 0 Å². The highest BCUT2D eigenvalue weighted by molar-refractivity contribution is 5.98. The summed E-state index contributed by atoms with van der Waals surface area (Å²) in [6.07, 6.45) is 2.15. The molecule has 0 atom stereocenters. The van der Waals surface area contributed by atoms with Crippen molar-refractivity contribution in [2.45, 2.75) is 0 Å². The van der Waals surface area contributed by atoms with Gasteiger partial charge in [-0.15, -0.1) is 0 Å². The lowest BCUT2D eigenvalue weighted by atomic mass is 10.0. The Morgan fingerprint density at radius 2 is 1.30 bits per heavy atom. The molecule has 0 spiro atoms. The zero-order valence-electron chi connectivity index (χ0n) is 16.3. The predicted molar refractivity (Wildman–Crippen MR) is 115 cm³/mol. The van der Waals surface area contributed by atoms with Crippen molar-refractivity contribution in [2.24, 2.45) is 0 Å². The molecule has 0 unspecified atom stereocenters. The number of hydrogen-bond acceptors (Lipinski definition) is 5. The fourth-order valence-electron chi connectivity index (χ4n) is 2.67. The first-order chi connectivity index (χ1) is 14.5. The van der Waals surface area contributed by atoms with Gasteiger partial charge >= 0.3 is 11.9 Å². The van der Waals surface area contributed by atoms with Crippen LogP contribution in [0.5, 0.6) is 17.2 Å². The number of hydrogen-bond donors (Lipinski definition) is 0. The van der Waals surface area contributed by atoms with Crippen LogP contribution in [0.25, 0.3) is 10.8 Å². The van der Waals surface area contributed by atoms with E-state index < -0.39 is 11.9 Å². The Morgan fingerprint density at radius 3 is 1.87 bits per heavy atom. The fraction of sp³-hybridized carbons (Fsp3) is 0.0400. The number of carbonyl (C=O) groups excluding carboxylic acids is 2. The van der Waals surface area contributed by atoms with Crippen molar-refractivity contribution in [1.82, 2.24) is 0 Å². The molecule has 5 heteroatoms. The molecule has 0 N–H and O–H groups in total. The van der Waals surface area contributed by atoms with E-state index in [1.165, 1.54) is 0 Å². The molecule has 0 bridgehead atoms. The zero-order chi connectivity index (χ0) is 21.5. The normalized spacial score (nSPS) is 9.77. The summed E-state index contributed by atoms with van der Waals surface area (Å²) in [5, 5.41) is 1.16. The molecule has 0 radical (unpaired) electrons. The minimum atomic E-state index is -0.596. The summed E-state index contributed by atoms with van der Waals surface area (Å²) in [7, 11) is 1.60. The van der Waals surface area contributed by atoms with Gasteiger partial charge in [-0.05, 0) is 54.6 Å². The Bertz CT molecular complexity index is 1190. The minimum Gasteiger partial charge on any atom is -0.497 e. The zero-order valence-corrected chi connectivity index (χ0v) is 16.3. The Balaban J connectivity index is 2.04. The smallest absolute Gasteiger partial charge is 0.335 e. The van der Waals surface area contributed by atoms with E-state index in [0.717, 1.165) is 23.5 Å². The number of ether oxygens (including phenoxy) is 3. The molecule has 3 aromatic carbocycles. The molecule has 3 aromatic rings. The van der Waals surface area contributed by atoms with Crippen LogP contribution >= 0.6 is 0 Å². The second-order valence-corrected chi connectivity index (χ2v) is 6.05. The van der Waals surface area contributed by atoms with Crippen LogP contribution in [0, 0.1) is 11.8 Å². The van der Waals surface area contributed by atoms with E-state index in [9.17, 15) is 9.59 Å². The molecular formula is C25H18O5. The summed E-state index contributed by atoms with van der Waals surface area (Å²) >= 11 is 0. The number of methoxy groups -OCH3 is 1. The van der Waals surface area contributed by atoms with Crippen molar-refractivity contribution in [3.8, 4) is 29.1 Å². The van der Waals surface area contributed by atoms with Gasteiger partial charge in [-0.3, -0.25) is 0 Å². The third-order valence-electron chi connectivity index (χ3n) is 4.13. The molecule has 0 saturated heterocycles. The topological polar surface area (TPSA) is 61.8 Å². The Kier molecular flexibility index (Phi) is 6.31. The first-order valence-corrected chi connectivity index (χ1v) is 8.95. The van der Waals surface area contributed by atoms with Crippen LogP contribution in [0.15, 0.2) is 79.9 Å². The molecule has 30 heavy (non-hydrogen) atoms. The van der Waals surface area contributed by atoms with Crippen LogP contribution < -0.4 is 14.2 Å². The van der Waals surface area contributed by atoms with Gasteiger partial charge in [0.2, 0.25) is 0 Å². The molecule has 0 saturated carbocycles. The highest BCUT2D eigenvalue weighted by Crippen LogP contribution is 2.34. The lowest BCUT2D eigenvalue weighted by Crippen LogP contribution is -2.06. The molecule has 0 aliphatic heterocycles. The molecule has 5 nitrogen and oxygen atoms in total. The van der Waals surface area contributed by atoms with Crippen molar-refractivity contribution in [1.29, 1.82) is 0 Å². The standard InChI is InChI=1S/C25H18O5/c1-4-24(26)29-22-14-15-23(30-25(27)5-2)21-16-18(10-13-20(21)22)7-6-17-8-11-19(28-3)12-9-17/h4-5,8-16H,1-2H2,3H3. The van der Waals surface area contributed by atoms with Gasteiger partial charge in [0.25, 0.3) is 0 Å². The molecule has 3 rings (SSSR count). The van der Waals surface area contributed by atoms with Crippen molar-refractivity contribution in [3.05, 3.63) is 91.0 Å². The Hall–Kier alpha value is -4.30. The van der Waals surface area contributed by atoms with Gasteiger partial charge in [0.1, 0.15) is 17.2 Å². The van der Waals surface area contributed by atoms with Crippen molar-refractivity contribution < 1.29 is 23.8 Å². The maximum absolute atomic E-state index is 11.7. The van der Waals surface area contributed by atoms with Gasteiger partial charge in [0, 0.05) is 34.1 Å². The van der Waals surface area contributed by atoms with Crippen LogP contribution in [-0.2, 0) is 9.59 Å². The molecule has 0 amide bonds. The highest BCUT2D eigenvalue weighted by atomic mass is 16.5. The maximum Gasteiger partial charge on any atom is 0.335 e. The summed E-state index contributed by atoms with van der Waals surface area (Å²) in [6.45, 7) is 6.81. The lowest BCUT2D eigenvalue weighted by Gasteiger charge is -2.11. The van der Waals surface area contributed by atoms with Crippen molar-refractivity contribution >= 4 is 22.7 Å². The van der Waals surface area contributed by atoms with E-state index in [-0.39, 0.29) is 0 Å². The van der Waals surface area contributed by atoms with Gasteiger partial charge in [-0.1, -0.05) is 25.0 Å². The first-order valence-electron chi connectivity index (χ1n) is 8.95. The van der Waals surface area contributed by atoms with E-state index in [0.29, 0.717) is 27.8 Å². The molecule has 0 heterocycles. The summed E-state index contributed by atoms with van der Waals surface area (Å²) < 4.78 is 15.8. The molecule has 0 fully saturated rings. The van der Waals surface area contributed by atoms with E-state index in [1.807, 2.05) is 24.3 Å². The molecule has 0 aromatic heterocycles. The minimum absolute atomic E-state index is 0.307. The summed E-state index contributed by atoms with van der Waals surface area (Å²) in [6, 6.07) is 15.8. The molecule has 0 aliphatic carbocycles. The van der Waals surface area contributed by atoms with Gasteiger partial charge in [0.05, 0.1) is 7.11 Å². The number of esters is 2. The number of benzene rings is 3. The third-order valence-corrected chi connectivity index (χ3v) is 4.13. The van der Waals surface area contributed by atoms with Crippen LogP contribution in [-0.4, -0.2) is 19.0 Å². The second kappa shape index (κ2) is 9.26. The predicted octanol–water partition coefficient (Wildman–Crippen LogP) is 4.43. The van der Waals surface area contributed by atoms with Crippen molar-refractivity contribution in [2.75, 3.05) is 7.11 Å². The summed E-state index contributed by atoms with van der Waals surface area (Å²) in [4.78, 5) is 23.3. The Morgan fingerprint density at radius 1 is 0.767 bits per heavy atom.